The molecule has 9 nitrogen and oxygen atoms in total. The van der Waals surface area contributed by atoms with E-state index >= 15 is 0 Å². The molecule has 0 saturated carbocycles. The quantitative estimate of drug-likeness (QED) is 0.586. The molecule has 0 aliphatic carbocycles. The Morgan fingerprint density at radius 2 is 1.71 bits per heavy atom. The van der Waals surface area contributed by atoms with Crippen LogP contribution in [-0.4, -0.2) is 76.2 Å². The fourth-order valence-corrected chi connectivity index (χ4v) is 5.18. The lowest BCUT2D eigenvalue weighted by molar-refractivity contribution is -0.134. The van der Waals surface area contributed by atoms with Crippen LogP contribution >= 0.6 is 11.6 Å². The third kappa shape index (κ3) is 6.40. The second kappa shape index (κ2) is 11.5. The predicted molar refractivity (Wildman–Crippen MR) is 127 cm³/mol. The Morgan fingerprint density at radius 1 is 1.06 bits per heavy atom. The number of methoxy groups -OCH3 is 1. The average Bonchev–Trinajstić information content (AvgIpc) is 2.84. The molecule has 11 heteroatoms. The molecule has 1 N–H and O–H groups in total. The second-order valence-electron chi connectivity index (χ2n) is 7.67. The maximum atomic E-state index is 13.4. The number of halogens is 1. The van der Waals surface area contributed by atoms with Crippen molar-refractivity contribution in [3.8, 4) is 5.75 Å². The van der Waals surface area contributed by atoms with E-state index in [1.54, 1.807) is 11.8 Å². The first-order valence-electron chi connectivity index (χ1n) is 10.9. The Balaban J connectivity index is 1.79. The minimum absolute atomic E-state index is 0.0729. The molecule has 2 aromatic carbocycles. The van der Waals surface area contributed by atoms with Gasteiger partial charge >= 0.3 is 6.09 Å². The van der Waals surface area contributed by atoms with Crippen LogP contribution in [0.4, 0.5) is 4.79 Å². The zero-order valence-corrected chi connectivity index (χ0v) is 20.6. The summed E-state index contributed by atoms with van der Waals surface area (Å²) in [4.78, 5) is 28.4. The summed E-state index contributed by atoms with van der Waals surface area (Å²) >= 11 is 6.11. The molecule has 1 fully saturated rings. The van der Waals surface area contributed by atoms with Crippen LogP contribution in [0.5, 0.6) is 5.75 Å². The fourth-order valence-electron chi connectivity index (χ4n) is 3.64. The van der Waals surface area contributed by atoms with Crippen molar-refractivity contribution in [1.29, 1.82) is 0 Å². The number of nitrogens with zero attached hydrogens (tertiary/aromatic N) is 2. The van der Waals surface area contributed by atoms with Crippen LogP contribution in [0.1, 0.15) is 12.5 Å². The maximum absolute atomic E-state index is 13.4. The minimum Gasteiger partial charge on any atom is -0.495 e. The van der Waals surface area contributed by atoms with Crippen molar-refractivity contribution in [3.05, 3.63) is 59.1 Å². The molecule has 34 heavy (non-hydrogen) atoms. The van der Waals surface area contributed by atoms with E-state index < -0.39 is 22.2 Å². The number of piperazine rings is 1. The molecule has 1 aliphatic rings. The number of nitrogens with one attached hydrogen (secondary N) is 1. The largest absolute Gasteiger partial charge is 0.495 e. The molecule has 184 valence electrons. The normalized spacial score (nSPS) is 15.0. The van der Waals surface area contributed by atoms with Crippen LogP contribution in [0.15, 0.2) is 53.4 Å². The molecule has 2 aromatic rings. The highest BCUT2D eigenvalue weighted by Gasteiger charge is 2.32. The number of hydrogen-bond acceptors (Lipinski definition) is 6. The smallest absolute Gasteiger partial charge is 0.409 e. The molecule has 1 heterocycles. The van der Waals surface area contributed by atoms with E-state index in [0.717, 1.165) is 5.56 Å². The summed E-state index contributed by atoms with van der Waals surface area (Å²) in [5, 5.41) is 0.145. The van der Waals surface area contributed by atoms with Crippen LogP contribution < -0.4 is 9.46 Å². The van der Waals surface area contributed by atoms with Crippen molar-refractivity contribution in [1.82, 2.24) is 14.5 Å². The van der Waals surface area contributed by atoms with Crippen LogP contribution in [0, 0.1) is 0 Å². The molecule has 0 aromatic heterocycles. The molecule has 0 bridgehead atoms. The number of carbonyl (C=O) groups excluding carboxylic acids is 2. The molecular weight excluding hydrogens is 482 g/mol. The summed E-state index contributed by atoms with van der Waals surface area (Å²) in [5.74, 6) is -0.0208. The van der Waals surface area contributed by atoms with Crippen molar-refractivity contribution in [2.45, 2.75) is 24.3 Å². The topological polar surface area (TPSA) is 105 Å². The zero-order chi connectivity index (χ0) is 24.7. The van der Waals surface area contributed by atoms with Crippen molar-refractivity contribution >= 4 is 33.6 Å². The lowest BCUT2D eigenvalue weighted by Crippen LogP contribution is -2.56. The van der Waals surface area contributed by atoms with Gasteiger partial charge in [0.2, 0.25) is 15.9 Å². The van der Waals surface area contributed by atoms with Gasteiger partial charge in [-0.25, -0.2) is 13.2 Å². The van der Waals surface area contributed by atoms with Crippen molar-refractivity contribution in [3.63, 3.8) is 0 Å². The van der Waals surface area contributed by atoms with Crippen LogP contribution in [0.3, 0.4) is 0 Å². The van der Waals surface area contributed by atoms with Gasteiger partial charge in [0.15, 0.2) is 0 Å². The van der Waals surface area contributed by atoms with E-state index in [9.17, 15) is 18.0 Å². The Morgan fingerprint density at radius 3 is 2.29 bits per heavy atom. The van der Waals surface area contributed by atoms with E-state index in [1.807, 2.05) is 30.3 Å². The Bertz CT molecular complexity index is 1100. The van der Waals surface area contributed by atoms with E-state index in [-0.39, 0.29) is 41.9 Å². The second-order valence-corrected chi connectivity index (χ2v) is 9.79. The Kier molecular flexibility index (Phi) is 8.76. The number of amides is 2. The van der Waals surface area contributed by atoms with Crippen LogP contribution in [0.25, 0.3) is 0 Å². The lowest BCUT2D eigenvalue weighted by atomic mass is 10.1. The summed E-state index contributed by atoms with van der Waals surface area (Å²) in [5.41, 5.74) is 0.807. The van der Waals surface area contributed by atoms with Gasteiger partial charge in [-0.1, -0.05) is 41.9 Å². The number of sulfonamides is 1. The molecule has 0 radical (unpaired) electrons. The molecule has 1 unspecified atom stereocenters. The van der Waals surface area contributed by atoms with Gasteiger partial charge in [-0.3, -0.25) is 4.79 Å². The highest BCUT2D eigenvalue weighted by Crippen LogP contribution is 2.27. The number of ether oxygens (including phenoxy) is 2. The monoisotopic (exact) mass is 509 g/mol. The first kappa shape index (κ1) is 25.8. The number of benzene rings is 2. The van der Waals surface area contributed by atoms with Gasteiger partial charge in [-0.05, 0) is 37.1 Å². The summed E-state index contributed by atoms with van der Waals surface area (Å²) in [6.45, 7) is 3.17. The zero-order valence-electron chi connectivity index (χ0n) is 19.1. The van der Waals surface area contributed by atoms with E-state index in [0.29, 0.717) is 18.8 Å². The third-order valence-electron chi connectivity index (χ3n) is 5.43. The summed E-state index contributed by atoms with van der Waals surface area (Å²) in [6.07, 6.45) is -0.256. The molecule has 1 atom stereocenters. The first-order valence-corrected chi connectivity index (χ1v) is 12.7. The van der Waals surface area contributed by atoms with E-state index in [1.165, 1.54) is 30.2 Å². The summed E-state index contributed by atoms with van der Waals surface area (Å²) in [6, 6.07) is 12.2. The fraction of sp³-hybridized carbons (Fsp3) is 0.391. The maximum Gasteiger partial charge on any atom is 0.409 e. The van der Waals surface area contributed by atoms with E-state index in [2.05, 4.69) is 4.72 Å². The van der Waals surface area contributed by atoms with Gasteiger partial charge in [0.25, 0.3) is 0 Å². The molecular formula is C23H28ClN3O6S. The van der Waals surface area contributed by atoms with Crippen molar-refractivity contribution < 1.29 is 27.5 Å². The van der Waals surface area contributed by atoms with Crippen molar-refractivity contribution in [2.24, 2.45) is 0 Å². The number of carbonyl (C=O) groups is 2. The third-order valence-corrected chi connectivity index (χ3v) is 7.19. The predicted octanol–water partition coefficient (Wildman–Crippen LogP) is 2.54. The molecule has 1 saturated heterocycles. The first-order chi connectivity index (χ1) is 16.2. The minimum atomic E-state index is -4.06. The average molecular weight is 510 g/mol. The summed E-state index contributed by atoms with van der Waals surface area (Å²) < 4.78 is 38.9. The van der Waals surface area contributed by atoms with Gasteiger partial charge in [0.05, 0.1) is 23.6 Å². The van der Waals surface area contributed by atoms with Gasteiger partial charge in [-0.15, -0.1) is 0 Å². The molecule has 2 amide bonds. The van der Waals surface area contributed by atoms with Crippen molar-refractivity contribution in [2.75, 3.05) is 39.9 Å². The molecule has 3 rings (SSSR count). The SMILES string of the molecule is CCOC(=O)N1CCN(C(=O)C(Cc2ccccc2)NS(=O)(=O)c2ccc(OC)c(Cl)c2)CC1. The van der Waals surface area contributed by atoms with E-state index in [4.69, 9.17) is 21.1 Å². The molecule has 1 aliphatic heterocycles. The van der Waals surface area contributed by atoms with Gasteiger partial charge in [0, 0.05) is 26.2 Å². The number of rotatable bonds is 8. The summed E-state index contributed by atoms with van der Waals surface area (Å²) in [7, 11) is -2.63. The Labute approximate surface area is 204 Å². The molecule has 0 spiro atoms. The number of hydrogen-bond donors (Lipinski definition) is 1. The highest BCUT2D eigenvalue weighted by atomic mass is 35.5. The lowest BCUT2D eigenvalue weighted by Gasteiger charge is -2.36. The standard InChI is InChI=1S/C23H28ClN3O6S/c1-3-33-23(29)27-13-11-26(12-14-27)22(28)20(15-17-7-5-4-6-8-17)25-34(30,31)18-9-10-21(32-2)19(24)16-18/h4-10,16,20,25H,3,11-15H2,1-2H3. The highest BCUT2D eigenvalue weighted by molar-refractivity contribution is 7.89. The van der Waals surface area contributed by atoms with Gasteiger partial charge in [-0.2, -0.15) is 4.72 Å². The van der Waals surface area contributed by atoms with Gasteiger partial charge < -0.3 is 19.3 Å². The van der Waals surface area contributed by atoms with Crippen LogP contribution in [-0.2, 0) is 26.0 Å². The Hall–Kier alpha value is -2.82. The van der Waals surface area contributed by atoms with Crippen LogP contribution in [0.2, 0.25) is 5.02 Å². The van der Waals surface area contributed by atoms with Gasteiger partial charge in [0.1, 0.15) is 11.8 Å².